The molecular formula is C18H25NO2. The summed E-state index contributed by atoms with van der Waals surface area (Å²) in [5, 5.41) is 8.78. The third-order valence-electron chi connectivity index (χ3n) is 5.26. The van der Waals surface area contributed by atoms with E-state index in [-0.39, 0.29) is 6.42 Å². The van der Waals surface area contributed by atoms with Crippen LogP contribution in [0.1, 0.15) is 36.8 Å². The Bertz CT molecular complexity index is 496. The molecule has 2 aliphatic carbocycles. The maximum Gasteiger partial charge on any atom is 0.307 e. The predicted molar refractivity (Wildman–Crippen MR) is 83.1 cm³/mol. The number of rotatable bonds is 6. The monoisotopic (exact) mass is 287 g/mol. The van der Waals surface area contributed by atoms with Gasteiger partial charge in [-0.1, -0.05) is 30.7 Å². The normalized spacial score (nSPS) is 27.4. The van der Waals surface area contributed by atoms with Gasteiger partial charge in [0, 0.05) is 13.1 Å². The molecule has 114 valence electrons. The Labute approximate surface area is 127 Å². The minimum Gasteiger partial charge on any atom is -0.481 e. The van der Waals surface area contributed by atoms with E-state index in [1.807, 2.05) is 12.1 Å². The van der Waals surface area contributed by atoms with E-state index in [9.17, 15) is 4.79 Å². The van der Waals surface area contributed by atoms with Gasteiger partial charge in [-0.05, 0) is 55.2 Å². The van der Waals surface area contributed by atoms with Crippen LogP contribution in [-0.4, -0.2) is 29.6 Å². The molecule has 0 aromatic heterocycles. The van der Waals surface area contributed by atoms with Gasteiger partial charge in [-0.3, -0.25) is 4.79 Å². The fourth-order valence-electron chi connectivity index (χ4n) is 4.31. The summed E-state index contributed by atoms with van der Waals surface area (Å²) in [4.78, 5) is 13.1. The average molecular weight is 287 g/mol. The number of benzene rings is 1. The largest absolute Gasteiger partial charge is 0.481 e. The number of aliphatic carboxylic acids is 1. The van der Waals surface area contributed by atoms with Crippen LogP contribution in [0.5, 0.6) is 0 Å². The van der Waals surface area contributed by atoms with Crippen molar-refractivity contribution in [1.82, 2.24) is 4.90 Å². The van der Waals surface area contributed by atoms with Crippen molar-refractivity contribution in [1.29, 1.82) is 0 Å². The summed E-state index contributed by atoms with van der Waals surface area (Å²) >= 11 is 0. The van der Waals surface area contributed by atoms with Crippen molar-refractivity contribution in [3.63, 3.8) is 0 Å². The summed E-state index contributed by atoms with van der Waals surface area (Å²) in [5.74, 6) is 2.13. The lowest BCUT2D eigenvalue weighted by Gasteiger charge is -2.27. The topological polar surface area (TPSA) is 40.5 Å². The average Bonchev–Trinajstić information content (AvgIpc) is 3.02. The van der Waals surface area contributed by atoms with Gasteiger partial charge in [0.25, 0.3) is 0 Å². The van der Waals surface area contributed by atoms with Gasteiger partial charge >= 0.3 is 5.97 Å². The number of carbonyl (C=O) groups is 1. The van der Waals surface area contributed by atoms with Crippen LogP contribution >= 0.6 is 0 Å². The first-order valence-corrected chi connectivity index (χ1v) is 8.08. The molecule has 3 nitrogen and oxygen atoms in total. The zero-order valence-corrected chi connectivity index (χ0v) is 12.8. The molecule has 1 N–H and O–H groups in total. The maximum absolute atomic E-state index is 10.7. The Morgan fingerprint density at radius 2 is 1.90 bits per heavy atom. The number of nitrogens with zero attached hydrogens (tertiary/aromatic N) is 1. The number of hydrogen-bond acceptors (Lipinski definition) is 2. The molecule has 2 aliphatic rings. The number of carboxylic acids is 1. The van der Waals surface area contributed by atoms with E-state index in [1.165, 1.54) is 37.8 Å². The maximum atomic E-state index is 10.7. The summed E-state index contributed by atoms with van der Waals surface area (Å²) in [6, 6.07) is 8.01. The standard InChI is InChI=1S/C18H25NO2/c1-19(12-17-9-15-6-7-16(17)8-15)11-14-4-2-13(3-5-14)10-18(20)21/h2-5,15-17H,6-12H2,1H3,(H,20,21). The SMILES string of the molecule is CN(Cc1ccc(CC(=O)O)cc1)CC1CC2CCC1C2. The minimum absolute atomic E-state index is 0.112. The smallest absolute Gasteiger partial charge is 0.307 e. The molecule has 2 bridgehead atoms. The molecule has 0 saturated heterocycles. The third kappa shape index (κ3) is 3.65. The van der Waals surface area contributed by atoms with Crippen LogP contribution in [0.25, 0.3) is 0 Å². The van der Waals surface area contributed by atoms with Crippen LogP contribution in [0.3, 0.4) is 0 Å². The zero-order valence-electron chi connectivity index (χ0n) is 12.8. The fourth-order valence-corrected chi connectivity index (χ4v) is 4.31. The summed E-state index contributed by atoms with van der Waals surface area (Å²) in [7, 11) is 2.21. The van der Waals surface area contributed by atoms with Crippen LogP contribution in [0.15, 0.2) is 24.3 Å². The molecule has 0 amide bonds. The molecule has 0 spiro atoms. The zero-order chi connectivity index (χ0) is 14.8. The second-order valence-corrected chi connectivity index (χ2v) is 7.02. The fraction of sp³-hybridized carbons (Fsp3) is 0.611. The number of fused-ring (bicyclic) bond motifs is 2. The molecule has 2 fully saturated rings. The Morgan fingerprint density at radius 1 is 1.19 bits per heavy atom. The van der Waals surface area contributed by atoms with Crippen molar-refractivity contribution in [2.75, 3.05) is 13.6 Å². The van der Waals surface area contributed by atoms with E-state index in [4.69, 9.17) is 5.11 Å². The van der Waals surface area contributed by atoms with Crippen molar-refractivity contribution in [3.8, 4) is 0 Å². The molecule has 0 aliphatic heterocycles. The van der Waals surface area contributed by atoms with Gasteiger partial charge < -0.3 is 10.0 Å². The van der Waals surface area contributed by atoms with Crippen molar-refractivity contribution in [2.24, 2.45) is 17.8 Å². The van der Waals surface area contributed by atoms with Gasteiger partial charge in [-0.25, -0.2) is 0 Å². The Balaban J connectivity index is 1.50. The van der Waals surface area contributed by atoms with Crippen LogP contribution in [0.2, 0.25) is 0 Å². The van der Waals surface area contributed by atoms with Crippen LogP contribution in [0, 0.1) is 17.8 Å². The third-order valence-corrected chi connectivity index (χ3v) is 5.26. The Kier molecular flexibility index (Phi) is 4.29. The van der Waals surface area contributed by atoms with Gasteiger partial charge in [0.05, 0.1) is 6.42 Å². The van der Waals surface area contributed by atoms with Gasteiger partial charge in [0.1, 0.15) is 0 Å². The van der Waals surface area contributed by atoms with Gasteiger partial charge in [0.2, 0.25) is 0 Å². The first-order chi connectivity index (χ1) is 10.1. The minimum atomic E-state index is -0.767. The highest BCUT2D eigenvalue weighted by atomic mass is 16.4. The highest BCUT2D eigenvalue weighted by Gasteiger charge is 2.39. The second kappa shape index (κ2) is 6.18. The van der Waals surface area contributed by atoms with E-state index in [0.29, 0.717) is 0 Å². The summed E-state index contributed by atoms with van der Waals surface area (Å²) in [6.45, 7) is 2.17. The van der Waals surface area contributed by atoms with Crippen LogP contribution in [0.4, 0.5) is 0 Å². The lowest BCUT2D eigenvalue weighted by molar-refractivity contribution is -0.136. The second-order valence-electron chi connectivity index (χ2n) is 7.02. The van der Waals surface area contributed by atoms with Crippen molar-refractivity contribution >= 4 is 5.97 Å². The van der Waals surface area contributed by atoms with Crippen LogP contribution < -0.4 is 0 Å². The summed E-state index contributed by atoms with van der Waals surface area (Å²) in [5.41, 5.74) is 2.15. The molecule has 3 heteroatoms. The van der Waals surface area contributed by atoms with Gasteiger partial charge in [-0.15, -0.1) is 0 Å². The molecule has 1 aromatic rings. The lowest BCUT2D eigenvalue weighted by Crippen LogP contribution is -2.28. The lowest BCUT2D eigenvalue weighted by atomic mass is 9.88. The molecule has 0 heterocycles. The molecule has 0 radical (unpaired) electrons. The predicted octanol–water partition coefficient (Wildman–Crippen LogP) is 3.18. The molecule has 3 rings (SSSR count). The highest BCUT2D eigenvalue weighted by molar-refractivity contribution is 5.70. The molecule has 3 atom stereocenters. The van der Waals surface area contributed by atoms with E-state index in [0.717, 1.165) is 29.9 Å². The summed E-state index contributed by atoms with van der Waals surface area (Å²) < 4.78 is 0. The first kappa shape index (κ1) is 14.6. The van der Waals surface area contributed by atoms with Crippen molar-refractivity contribution in [2.45, 2.75) is 38.6 Å². The van der Waals surface area contributed by atoms with E-state index in [2.05, 4.69) is 24.1 Å². The highest BCUT2D eigenvalue weighted by Crippen LogP contribution is 2.48. The van der Waals surface area contributed by atoms with E-state index < -0.39 is 5.97 Å². The molecule has 1 aromatic carbocycles. The number of carboxylic acid groups (broad SMARTS) is 1. The number of hydrogen-bond donors (Lipinski definition) is 1. The van der Waals surface area contributed by atoms with Gasteiger partial charge in [-0.2, -0.15) is 0 Å². The molecule has 3 unspecified atom stereocenters. The quantitative estimate of drug-likeness (QED) is 0.873. The first-order valence-electron chi connectivity index (χ1n) is 8.08. The molecule has 21 heavy (non-hydrogen) atoms. The van der Waals surface area contributed by atoms with Crippen LogP contribution in [-0.2, 0) is 17.8 Å². The van der Waals surface area contributed by atoms with Gasteiger partial charge in [0.15, 0.2) is 0 Å². The summed E-state index contributed by atoms with van der Waals surface area (Å²) in [6.07, 6.45) is 5.94. The van der Waals surface area contributed by atoms with Crippen molar-refractivity contribution in [3.05, 3.63) is 35.4 Å². The van der Waals surface area contributed by atoms with E-state index >= 15 is 0 Å². The molecule has 2 saturated carbocycles. The Hall–Kier alpha value is -1.35. The molecular weight excluding hydrogens is 262 g/mol. The van der Waals surface area contributed by atoms with Crippen molar-refractivity contribution < 1.29 is 9.90 Å². The van der Waals surface area contributed by atoms with E-state index in [1.54, 1.807) is 0 Å². The Morgan fingerprint density at radius 3 is 2.48 bits per heavy atom.